The third kappa shape index (κ3) is 4.28. The van der Waals surface area contributed by atoms with Crippen LogP contribution in [-0.2, 0) is 6.54 Å². The maximum Gasteiger partial charge on any atom is 0.218 e. The van der Waals surface area contributed by atoms with Crippen molar-refractivity contribution >= 4 is 0 Å². The Labute approximate surface area is 96.3 Å². The fourth-order valence-corrected chi connectivity index (χ4v) is 1.26. The molecule has 16 heavy (non-hydrogen) atoms. The zero-order valence-electron chi connectivity index (χ0n) is 9.73. The van der Waals surface area contributed by atoms with Gasteiger partial charge in [-0.25, -0.2) is 4.98 Å². The van der Waals surface area contributed by atoms with Gasteiger partial charge >= 0.3 is 0 Å². The Bertz CT molecular complexity index is 358. The second-order valence-corrected chi connectivity index (χ2v) is 3.72. The molecule has 86 valence electrons. The number of nitrogens with one attached hydrogen (secondary N) is 1. The average Bonchev–Trinajstić information content (AvgIpc) is 2.26. The van der Waals surface area contributed by atoms with Crippen molar-refractivity contribution in [1.82, 2.24) is 10.3 Å². The first-order valence-electron chi connectivity index (χ1n) is 5.42. The Hall–Kier alpha value is -1.60. The largest absolute Gasteiger partial charge is 0.475 e. The van der Waals surface area contributed by atoms with Crippen LogP contribution in [0.1, 0.15) is 25.8 Å². The van der Waals surface area contributed by atoms with E-state index in [0.29, 0.717) is 25.4 Å². The molecule has 0 saturated carbocycles. The number of rotatable bonds is 6. The van der Waals surface area contributed by atoms with E-state index < -0.39 is 0 Å². The predicted octanol–water partition coefficient (Wildman–Crippen LogP) is 1.87. The Morgan fingerprint density at radius 1 is 1.56 bits per heavy atom. The van der Waals surface area contributed by atoms with Crippen molar-refractivity contribution < 1.29 is 4.74 Å². The molecular formula is C12H17N3O. The van der Waals surface area contributed by atoms with Crippen LogP contribution < -0.4 is 10.1 Å². The molecule has 0 aromatic carbocycles. The molecule has 1 heterocycles. The Morgan fingerprint density at radius 3 is 3.06 bits per heavy atom. The highest BCUT2D eigenvalue weighted by Gasteiger charge is 2.05. The van der Waals surface area contributed by atoms with Crippen molar-refractivity contribution in [3.63, 3.8) is 0 Å². The van der Waals surface area contributed by atoms with Gasteiger partial charge in [0.1, 0.15) is 0 Å². The van der Waals surface area contributed by atoms with Gasteiger partial charge in [0.05, 0.1) is 12.2 Å². The SMILES string of the molecule is CC(C)Oc1ncccc1CNCCC#N. The molecule has 4 heteroatoms. The number of hydrogen-bond donors (Lipinski definition) is 1. The van der Waals surface area contributed by atoms with Crippen LogP contribution in [0, 0.1) is 11.3 Å². The first kappa shape index (κ1) is 12.5. The summed E-state index contributed by atoms with van der Waals surface area (Å²) >= 11 is 0. The highest BCUT2D eigenvalue weighted by molar-refractivity contribution is 5.25. The van der Waals surface area contributed by atoms with Crippen molar-refractivity contribution in [2.45, 2.75) is 32.9 Å². The van der Waals surface area contributed by atoms with Crippen LogP contribution in [0.15, 0.2) is 18.3 Å². The van der Waals surface area contributed by atoms with Gasteiger partial charge in [0.25, 0.3) is 0 Å². The minimum absolute atomic E-state index is 0.118. The molecule has 1 aromatic heterocycles. The molecule has 0 aliphatic carbocycles. The zero-order chi connectivity index (χ0) is 11.8. The molecule has 0 atom stereocenters. The number of aromatic nitrogens is 1. The van der Waals surface area contributed by atoms with Crippen LogP contribution in [0.5, 0.6) is 5.88 Å². The van der Waals surface area contributed by atoms with Crippen LogP contribution in [0.4, 0.5) is 0 Å². The van der Waals surface area contributed by atoms with Crippen LogP contribution in [0.25, 0.3) is 0 Å². The summed E-state index contributed by atoms with van der Waals surface area (Å²) in [6.45, 7) is 5.31. The molecule has 0 unspecified atom stereocenters. The summed E-state index contributed by atoms with van der Waals surface area (Å²) in [6.07, 6.45) is 2.35. The molecule has 0 bridgehead atoms. The standard InChI is InChI=1S/C12H17N3O/c1-10(2)16-12-11(5-3-8-15-12)9-14-7-4-6-13/h3,5,8,10,14H,4,7,9H2,1-2H3. The molecular weight excluding hydrogens is 202 g/mol. The number of ether oxygens (including phenoxy) is 1. The third-order valence-electron chi connectivity index (χ3n) is 1.93. The van der Waals surface area contributed by atoms with Crippen LogP contribution >= 0.6 is 0 Å². The van der Waals surface area contributed by atoms with Gasteiger partial charge in [-0.1, -0.05) is 6.07 Å². The van der Waals surface area contributed by atoms with Crippen LogP contribution in [-0.4, -0.2) is 17.6 Å². The highest BCUT2D eigenvalue weighted by atomic mass is 16.5. The molecule has 1 N–H and O–H groups in total. The minimum atomic E-state index is 0.118. The summed E-state index contributed by atoms with van der Waals surface area (Å²) in [4.78, 5) is 4.19. The molecule has 0 radical (unpaired) electrons. The Kier molecular flexibility index (Phi) is 5.30. The zero-order valence-corrected chi connectivity index (χ0v) is 9.73. The van der Waals surface area contributed by atoms with E-state index in [0.717, 1.165) is 5.56 Å². The second-order valence-electron chi connectivity index (χ2n) is 3.72. The van der Waals surface area contributed by atoms with E-state index in [-0.39, 0.29) is 6.10 Å². The molecule has 1 rings (SSSR count). The molecule has 0 saturated heterocycles. The van der Waals surface area contributed by atoms with E-state index in [1.807, 2.05) is 26.0 Å². The average molecular weight is 219 g/mol. The first-order valence-corrected chi connectivity index (χ1v) is 5.42. The second kappa shape index (κ2) is 6.81. The fourth-order valence-electron chi connectivity index (χ4n) is 1.26. The maximum atomic E-state index is 8.41. The summed E-state index contributed by atoms with van der Waals surface area (Å²) in [6, 6.07) is 5.95. The van der Waals surface area contributed by atoms with Gasteiger partial charge in [0.15, 0.2) is 0 Å². The van der Waals surface area contributed by atoms with E-state index in [4.69, 9.17) is 10.00 Å². The summed E-state index contributed by atoms with van der Waals surface area (Å²) in [5, 5.41) is 11.6. The quantitative estimate of drug-likeness (QED) is 0.742. The summed E-state index contributed by atoms with van der Waals surface area (Å²) < 4.78 is 5.59. The van der Waals surface area contributed by atoms with Gasteiger partial charge in [0, 0.05) is 31.3 Å². The predicted molar refractivity (Wildman–Crippen MR) is 61.9 cm³/mol. The lowest BCUT2D eigenvalue weighted by Crippen LogP contribution is -2.16. The molecule has 4 nitrogen and oxygen atoms in total. The van der Waals surface area contributed by atoms with E-state index in [2.05, 4.69) is 16.4 Å². The van der Waals surface area contributed by atoms with E-state index >= 15 is 0 Å². The normalized spacial score (nSPS) is 10.1. The molecule has 1 aromatic rings. The van der Waals surface area contributed by atoms with Crippen molar-refractivity contribution in [2.75, 3.05) is 6.54 Å². The van der Waals surface area contributed by atoms with Gasteiger partial charge in [0.2, 0.25) is 5.88 Å². The summed E-state index contributed by atoms with van der Waals surface area (Å²) in [7, 11) is 0. The van der Waals surface area contributed by atoms with E-state index in [1.54, 1.807) is 6.20 Å². The lowest BCUT2D eigenvalue weighted by molar-refractivity contribution is 0.229. The third-order valence-corrected chi connectivity index (χ3v) is 1.93. The number of hydrogen-bond acceptors (Lipinski definition) is 4. The van der Waals surface area contributed by atoms with Crippen molar-refractivity contribution in [3.05, 3.63) is 23.9 Å². The first-order chi connectivity index (χ1) is 7.74. The lowest BCUT2D eigenvalue weighted by Gasteiger charge is -2.12. The van der Waals surface area contributed by atoms with Gasteiger partial charge in [-0.2, -0.15) is 5.26 Å². The molecule has 0 spiro atoms. The van der Waals surface area contributed by atoms with Gasteiger partial charge < -0.3 is 10.1 Å². The minimum Gasteiger partial charge on any atom is -0.475 e. The van der Waals surface area contributed by atoms with Gasteiger partial charge in [-0.15, -0.1) is 0 Å². The Balaban J connectivity index is 2.54. The molecule has 0 aliphatic heterocycles. The number of nitriles is 1. The lowest BCUT2D eigenvalue weighted by atomic mass is 10.2. The summed E-state index contributed by atoms with van der Waals surface area (Å²) in [5.41, 5.74) is 1.02. The maximum absolute atomic E-state index is 8.41. The van der Waals surface area contributed by atoms with Crippen molar-refractivity contribution in [3.8, 4) is 11.9 Å². The van der Waals surface area contributed by atoms with Crippen LogP contribution in [0.3, 0.4) is 0 Å². The van der Waals surface area contributed by atoms with Crippen LogP contribution in [0.2, 0.25) is 0 Å². The van der Waals surface area contributed by atoms with Crippen molar-refractivity contribution in [1.29, 1.82) is 5.26 Å². The van der Waals surface area contributed by atoms with E-state index in [9.17, 15) is 0 Å². The molecule has 0 fully saturated rings. The Morgan fingerprint density at radius 2 is 2.38 bits per heavy atom. The van der Waals surface area contributed by atoms with Gasteiger partial charge in [-0.05, 0) is 19.9 Å². The molecule has 0 amide bonds. The molecule has 0 aliphatic rings. The van der Waals surface area contributed by atoms with E-state index in [1.165, 1.54) is 0 Å². The van der Waals surface area contributed by atoms with Gasteiger partial charge in [-0.3, -0.25) is 0 Å². The van der Waals surface area contributed by atoms with Crippen molar-refractivity contribution in [2.24, 2.45) is 0 Å². The monoisotopic (exact) mass is 219 g/mol. The summed E-state index contributed by atoms with van der Waals surface area (Å²) in [5.74, 6) is 0.668. The number of nitrogens with zero attached hydrogens (tertiary/aromatic N) is 2. The smallest absolute Gasteiger partial charge is 0.218 e. The highest BCUT2D eigenvalue weighted by Crippen LogP contribution is 2.15. The fraction of sp³-hybridized carbons (Fsp3) is 0.500. The number of pyridine rings is 1. The topological polar surface area (TPSA) is 57.9 Å².